The number of carbonyl (C=O) groups excluding carboxylic acids is 1. The summed E-state index contributed by atoms with van der Waals surface area (Å²) in [7, 11) is 0. The van der Waals surface area contributed by atoms with Crippen LogP contribution in [-0.2, 0) is 23.8 Å². The zero-order valence-electron chi connectivity index (χ0n) is 12.7. The lowest BCUT2D eigenvalue weighted by molar-refractivity contribution is -0.138. The van der Waals surface area contributed by atoms with Gasteiger partial charge in [0.25, 0.3) is 0 Å². The minimum atomic E-state index is -4.52. The fourth-order valence-corrected chi connectivity index (χ4v) is 3.04. The molecule has 0 aliphatic heterocycles. The van der Waals surface area contributed by atoms with E-state index in [1.807, 2.05) is 24.3 Å². The molecule has 0 bridgehead atoms. The smallest absolute Gasteiger partial charge is 0.351 e. The van der Waals surface area contributed by atoms with Crippen LogP contribution in [0.25, 0.3) is 0 Å². The molecule has 4 nitrogen and oxygen atoms in total. The molecule has 2 atom stereocenters. The highest BCUT2D eigenvalue weighted by Crippen LogP contribution is 2.32. The van der Waals surface area contributed by atoms with Crippen LogP contribution in [0.3, 0.4) is 0 Å². The zero-order valence-corrected chi connectivity index (χ0v) is 12.7. The van der Waals surface area contributed by atoms with Crippen LogP contribution < -0.4 is 11.1 Å². The fourth-order valence-electron chi connectivity index (χ4n) is 3.04. The van der Waals surface area contributed by atoms with Crippen molar-refractivity contribution in [2.45, 2.75) is 31.1 Å². The van der Waals surface area contributed by atoms with Gasteiger partial charge in [0.1, 0.15) is 0 Å². The molecule has 24 heavy (non-hydrogen) atoms. The van der Waals surface area contributed by atoms with Gasteiger partial charge in [-0.25, -0.2) is 0 Å². The van der Waals surface area contributed by atoms with Crippen LogP contribution in [0.15, 0.2) is 42.7 Å². The van der Waals surface area contributed by atoms with Crippen LogP contribution in [0, 0.1) is 0 Å². The summed E-state index contributed by atoms with van der Waals surface area (Å²) >= 11 is 0. The summed E-state index contributed by atoms with van der Waals surface area (Å²) < 4.78 is 38.9. The van der Waals surface area contributed by atoms with Gasteiger partial charge in [0.2, 0.25) is 5.91 Å². The van der Waals surface area contributed by atoms with Gasteiger partial charge in [0.15, 0.2) is 0 Å². The van der Waals surface area contributed by atoms with Gasteiger partial charge in [-0.2, -0.15) is 13.2 Å². The van der Waals surface area contributed by atoms with Gasteiger partial charge in [0.05, 0.1) is 24.1 Å². The molecule has 1 aliphatic carbocycles. The Labute approximate surface area is 136 Å². The minimum Gasteiger partial charge on any atom is -0.351 e. The summed E-state index contributed by atoms with van der Waals surface area (Å²) in [4.78, 5) is 15.9. The molecular formula is C17H16F3N3O. The van der Waals surface area contributed by atoms with Crippen molar-refractivity contribution in [1.82, 2.24) is 10.3 Å². The van der Waals surface area contributed by atoms with E-state index in [0.717, 1.165) is 29.6 Å². The summed E-state index contributed by atoms with van der Waals surface area (Å²) in [5.41, 5.74) is 7.14. The number of alkyl halides is 3. The first-order chi connectivity index (χ1) is 11.4. The molecule has 1 heterocycles. The second kappa shape index (κ2) is 6.24. The molecule has 0 fully saturated rings. The van der Waals surface area contributed by atoms with E-state index in [1.165, 1.54) is 0 Å². The van der Waals surface area contributed by atoms with Crippen molar-refractivity contribution in [3.05, 3.63) is 65.0 Å². The Morgan fingerprint density at radius 3 is 2.75 bits per heavy atom. The Kier molecular flexibility index (Phi) is 4.28. The van der Waals surface area contributed by atoms with Crippen molar-refractivity contribution in [3.63, 3.8) is 0 Å². The number of benzene rings is 1. The van der Waals surface area contributed by atoms with Crippen molar-refractivity contribution < 1.29 is 18.0 Å². The molecule has 0 saturated heterocycles. The van der Waals surface area contributed by atoms with E-state index in [4.69, 9.17) is 5.73 Å². The SMILES string of the molecule is N[C@@H]1c2ccccc2C[C@H]1NC(=O)Cc1cnccc1C(F)(F)F. The maximum atomic E-state index is 13.0. The Morgan fingerprint density at radius 1 is 1.29 bits per heavy atom. The summed E-state index contributed by atoms with van der Waals surface area (Å²) in [5, 5.41) is 2.74. The molecule has 0 spiro atoms. The molecular weight excluding hydrogens is 319 g/mol. The summed E-state index contributed by atoms with van der Waals surface area (Å²) in [5.74, 6) is -0.498. The largest absolute Gasteiger partial charge is 0.416 e. The quantitative estimate of drug-likeness (QED) is 0.905. The first kappa shape index (κ1) is 16.4. The number of pyridine rings is 1. The van der Waals surface area contributed by atoms with E-state index in [-0.39, 0.29) is 24.1 Å². The second-order valence-corrected chi connectivity index (χ2v) is 5.81. The van der Waals surface area contributed by atoms with E-state index in [0.29, 0.717) is 6.42 Å². The van der Waals surface area contributed by atoms with Crippen LogP contribution in [0.5, 0.6) is 0 Å². The van der Waals surface area contributed by atoms with Crippen LogP contribution in [0.1, 0.15) is 28.3 Å². The van der Waals surface area contributed by atoms with Crippen LogP contribution in [0.2, 0.25) is 0 Å². The summed E-state index contributed by atoms with van der Waals surface area (Å²) in [6.45, 7) is 0. The van der Waals surface area contributed by atoms with Crippen molar-refractivity contribution in [2.24, 2.45) is 5.73 Å². The lowest BCUT2D eigenvalue weighted by atomic mass is 10.1. The lowest BCUT2D eigenvalue weighted by Crippen LogP contribution is -2.41. The molecule has 1 aromatic heterocycles. The number of halogens is 3. The molecule has 1 amide bonds. The molecule has 0 unspecified atom stereocenters. The third-order valence-corrected chi connectivity index (χ3v) is 4.19. The number of hydrogen-bond donors (Lipinski definition) is 2. The molecule has 1 aliphatic rings. The molecule has 0 radical (unpaired) electrons. The molecule has 0 saturated carbocycles. The van der Waals surface area contributed by atoms with E-state index in [9.17, 15) is 18.0 Å². The summed E-state index contributed by atoms with van der Waals surface area (Å²) in [6, 6.07) is 7.79. The predicted molar refractivity (Wildman–Crippen MR) is 81.9 cm³/mol. The van der Waals surface area contributed by atoms with Crippen LogP contribution >= 0.6 is 0 Å². The van der Waals surface area contributed by atoms with Crippen molar-refractivity contribution in [3.8, 4) is 0 Å². The zero-order chi connectivity index (χ0) is 17.3. The molecule has 3 rings (SSSR count). The highest BCUT2D eigenvalue weighted by atomic mass is 19.4. The van der Waals surface area contributed by atoms with Crippen LogP contribution in [-0.4, -0.2) is 16.9 Å². The third kappa shape index (κ3) is 3.26. The van der Waals surface area contributed by atoms with Gasteiger partial charge in [-0.1, -0.05) is 24.3 Å². The number of nitrogens with one attached hydrogen (secondary N) is 1. The van der Waals surface area contributed by atoms with Crippen molar-refractivity contribution >= 4 is 5.91 Å². The first-order valence-corrected chi connectivity index (χ1v) is 7.49. The van der Waals surface area contributed by atoms with Gasteiger partial charge in [-0.05, 0) is 29.2 Å². The highest BCUT2D eigenvalue weighted by molar-refractivity contribution is 5.79. The van der Waals surface area contributed by atoms with Gasteiger partial charge < -0.3 is 11.1 Å². The monoisotopic (exact) mass is 335 g/mol. The normalized spacial score (nSPS) is 19.8. The Hall–Kier alpha value is -2.41. The van der Waals surface area contributed by atoms with Gasteiger partial charge in [0, 0.05) is 12.4 Å². The number of amides is 1. The first-order valence-electron chi connectivity index (χ1n) is 7.49. The van der Waals surface area contributed by atoms with E-state index >= 15 is 0 Å². The minimum absolute atomic E-state index is 0.147. The third-order valence-electron chi connectivity index (χ3n) is 4.19. The maximum absolute atomic E-state index is 13.0. The maximum Gasteiger partial charge on any atom is 0.416 e. The number of aromatic nitrogens is 1. The average molecular weight is 335 g/mol. The summed E-state index contributed by atoms with van der Waals surface area (Å²) in [6.07, 6.45) is -2.19. The number of rotatable bonds is 3. The van der Waals surface area contributed by atoms with E-state index in [1.54, 1.807) is 0 Å². The number of nitrogens with two attached hydrogens (primary N) is 1. The molecule has 7 heteroatoms. The number of carbonyl (C=O) groups is 1. The molecule has 1 aromatic carbocycles. The number of hydrogen-bond acceptors (Lipinski definition) is 3. The number of nitrogens with zero attached hydrogens (tertiary/aromatic N) is 1. The van der Waals surface area contributed by atoms with Crippen molar-refractivity contribution in [2.75, 3.05) is 0 Å². The topological polar surface area (TPSA) is 68.0 Å². The molecule has 2 aromatic rings. The van der Waals surface area contributed by atoms with E-state index in [2.05, 4.69) is 10.3 Å². The molecule has 126 valence electrons. The standard InChI is InChI=1S/C17H16F3N3O/c18-17(19,20)13-5-6-22-9-11(13)8-15(24)23-14-7-10-3-1-2-4-12(10)16(14)21/h1-6,9,14,16H,7-8,21H2,(H,23,24)/t14-,16-/m1/s1. The van der Waals surface area contributed by atoms with Crippen molar-refractivity contribution in [1.29, 1.82) is 0 Å². The average Bonchev–Trinajstić information content (AvgIpc) is 2.83. The molecule has 3 N–H and O–H groups in total. The Bertz CT molecular complexity index is 761. The van der Waals surface area contributed by atoms with Gasteiger partial charge in [-0.3, -0.25) is 9.78 Å². The van der Waals surface area contributed by atoms with Crippen LogP contribution in [0.4, 0.5) is 13.2 Å². The lowest BCUT2D eigenvalue weighted by Gasteiger charge is -2.18. The number of fused-ring (bicyclic) bond motifs is 1. The van der Waals surface area contributed by atoms with Gasteiger partial charge >= 0.3 is 6.18 Å². The Morgan fingerprint density at radius 2 is 2.04 bits per heavy atom. The van der Waals surface area contributed by atoms with Gasteiger partial charge in [-0.15, -0.1) is 0 Å². The highest BCUT2D eigenvalue weighted by Gasteiger charge is 2.34. The van der Waals surface area contributed by atoms with E-state index < -0.39 is 17.6 Å². The second-order valence-electron chi connectivity index (χ2n) is 5.81. The predicted octanol–water partition coefficient (Wildman–Crippen LogP) is 2.38. The Balaban J connectivity index is 1.70. The fraction of sp³-hybridized carbons (Fsp3) is 0.294.